The summed E-state index contributed by atoms with van der Waals surface area (Å²) in [6, 6.07) is 6.16. The van der Waals surface area contributed by atoms with Gasteiger partial charge >= 0.3 is 6.18 Å². The lowest BCUT2D eigenvalue weighted by Crippen LogP contribution is -2.39. The van der Waals surface area contributed by atoms with Gasteiger partial charge in [0.1, 0.15) is 4.90 Å². The maximum absolute atomic E-state index is 13.0. The van der Waals surface area contributed by atoms with Crippen molar-refractivity contribution in [3.8, 4) is 0 Å². The third-order valence-corrected chi connectivity index (χ3v) is 8.63. The first kappa shape index (κ1) is 30.7. The second kappa shape index (κ2) is 11.7. The Morgan fingerprint density at radius 2 is 1.74 bits per heavy atom. The molecule has 0 spiro atoms. The fourth-order valence-corrected chi connectivity index (χ4v) is 6.83. The van der Waals surface area contributed by atoms with Crippen LogP contribution in [0, 0.1) is 0 Å². The first-order valence-corrected chi connectivity index (χ1v) is 14.4. The molecular weight excluding hydrogens is 562 g/mol. The van der Waals surface area contributed by atoms with Crippen molar-refractivity contribution in [3.05, 3.63) is 62.6 Å². The van der Waals surface area contributed by atoms with Crippen LogP contribution in [0.5, 0.6) is 0 Å². The zero-order valence-corrected chi connectivity index (χ0v) is 23.9. The van der Waals surface area contributed by atoms with E-state index in [1.165, 1.54) is 12.5 Å². The molecule has 0 heterocycles. The van der Waals surface area contributed by atoms with Gasteiger partial charge in [-0.3, -0.25) is 4.79 Å². The number of amides is 1. The molecule has 0 aromatic heterocycles. The molecule has 1 aliphatic rings. The number of hydrogen-bond donors (Lipinski definition) is 3. The Kier molecular flexibility index (Phi) is 9.46. The number of alkyl halides is 3. The largest absolute Gasteiger partial charge is 0.416 e. The Balaban J connectivity index is 1.65. The highest BCUT2D eigenvalue weighted by molar-refractivity contribution is 7.89. The minimum absolute atomic E-state index is 0.00614. The molecule has 1 aliphatic carbocycles. The van der Waals surface area contributed by atoms with Gasteiger partial charge < -0.3 is 10.6 Å². The third kappa shape index (κ3) is 8.08. The quantitative estimate of drug-likeness (QED) is 0.342. The van der Waals surface area contributed by atoms with Gasteiger partial charge in [0.05, 0.1) is 21.7 Å². The lowest BCUT2D eigenvalue weighted by molar-refractivity contribution is -0.137. The zero-order valence-electron chi connectivity index (χ0n) is 21.6. The number of sulfonamides is 1. The van der Waals surface area contributed by atoms with Gasteiger partial charge in [0.15, 0.2) is 0 Å². The molecule has 3 rings (SSSR count). The van der Waals surface area contributed by atoms with Crippen molar-refractivity contribution in [1.82, 2.24) is 15.4 Å². The number of hydrogen-bond acceptors (Lipinski definition) is 4. The monoisotopic (exact) mass is 593 g/mol. The van der Waals surface area contributed by atoms with Gasteiger partial charge in [0, 0.05) is 24.5 Å². The van der Waals surface area contributed by atoms with Gasteiger partial charge in [-0.2, -0.15) is 13.2 Å². The van der Waals surface area contributed by atoms with E-state index in [0.717, 1.165) is 36.9 Å². The number of rotatable bonds is 8. The maximum atomic E-state index is 13.0. The lowest BCUT2D eigenvalue weighted by atomic mass is 9.86. The molecule has 6 nitrogen and oxygen atoms in total. The molecule has 2 atom stereocenters. The molecule has 12 heteroatoms. The number of carbonyl (C=O) groups excluding carboxylic acids is 1. The van der Waals surface area contributed by atoms with E-state index < -0.39 is 42.7 Å². The van der Waals surface area contributed by atoms with Gasteiger partial charge in [0.2, 0.25) is 15.9 Å². The smallest absolute Gasteiger partial charge is 0.349 e. The van der Waals surface area contributed by atoms with E-state index in [1.54, 1.807) is 0 Å². The summed E-state index contributed by atoms with van der Waals surface area (Å²) < 4.78 is 66.9. The van der Waals surface area contributed by atoms with Crippen LogP contribution in [0.15, 0.2) is 35.2 Å². The van der Waals surface area contributed by atoms with Crippen LogP contribution in [-0.4, -0.2) is 25.9 Å². The van der Waals surface area contributed by atoms with Crippen LogP contribution in [0.25, 0.3) is 0 Å². The van der Waals surface area contributed by atoms with Crippen LogP contribution in [-0.2, 0) is 34.0 Å². The highest BCUT2D eigenvalue weighted by atomic mass is 35.5. The predicted octanol–water partition coefficient (Wildman–Crippen LogP) is 6.15. The average Bonchev–Trinajstić information content (AvgIpc) is 2.75. The second-order valence-electron chi connectivity index (χ2n) is 10.6. The van der Waals surface area contributed by atoms with Crippen molar-refractivity contribution in [2.45, 2.75) is 88.6 Å². The molecule has 1 amide bonds. The molecule has 0 radical (unpaired) electrons. The minimum Gasteiger partial charge on any atom is -0.349 e. The molecule has 3 N–H and O–H groups in total. The van der Waals surface area contributed by atoms with Gasteiger partial charge in [-0.15, -0.1) is 0 Å². The van der Waals surface area contributed by atoms with Crippen LogP contribution in [0.1, 0.15) is 75.3 Å². The number of halogens is 5. The number of nitrogens with one attached hydrogen (secondary N) is 3. The van der Waals surface area contributed by atoms with Crippen molar-refractivity contribution in [3.63, 3.8) is 0 Å². The summed E-state index contributed by atoms with van der Waals surface area (Å²) in [5.74, 6) is -0.360. The van der Waals surface area contributed by atoms with E-state index in [2.05, 4.69) is 42.2 Å². The van der Waals surface area contributed by atoms with Gasteiger partial charge in [-0.1, -0.05) is 41.4 Å². The first-order valence-electron chi connectivity index (χ1n) is 12.2. The highest BCUT2D eigenvalue weighted by Crippen LogP contribution is 2.38. The molecule has 210 valence electrons. The van der Waals surface area contributed by atoms with Crippen molar-refractivity contribution in [1.29, 1.82) is 0 Å². The van der Waals surface area contributed by atoms with E-state index in [0.29, 0.717) is 12.1 Å². The molecule has 0 bridgehead atoms. The standard InChI is InChI=1S/C26H32Cl2F3N3O3S/c1-15(34-38(36,37)24-20(27)12-18(13-21(24)28)26(29,30)31)10-23(35)33-22-7-5-6-17-11-16(8-9-19(17)22)14-32-25(2,3)4/h8-9,11-13,15,22,32,34H,5-7,10,14H2,1-4H3,(H,33,35)/t15-,22+/m0/s1. The summed E-state index contributed by atoms with van der Waals surface area (Å²) in [7, 11) is -4.40. The molecule has 0 fully saturated rings. The van der Waals surface area contributed by atoms with Crippen LogP contribution in [0.4, 0.5) is 13.2 Å². The first-order chi connectivity index (χ1) is 17.5. The lowest BCUT2D eigenvalue weighted by Gasteiger charge is -2.28. The van der Waals surface area contributed by atoms with Crippen molar-refractivity contribution in [2.75, 3.05) is 0 Å². The molecular formula is C26H32Cl2F3N3O3S. The predicted molar refractivity (Wildman–Crippen MR) is 143 cm³/mol. The van der Waals surface area contributed by atoms with Crippen molar-refractivity contribution < 1.29 is 26.4 Å². The summed E-state index contributed by atoms with van der Waals surface area (Å²) in [5, 5.41) is 5.13. The van der Waals surface area contributed by atoms with Crippen LogP contribution in [0.3, 0.4) is 0 Å². The Labute approximate surface area is 231 Å². The topological polar surface area (TPSA) is 87.3 Å². The molecule has 0 saturated heterocycles. The maximum Gasteiger partial charge on any atom is 0.416 e. The van der Waals surface area contributed by atoms with Crippen molar-refractivity contribution in [2.24, 2.45) is 0 Å². The Morgan fingerprint density at radius 1 is 1.11 bits per heavy atom. The van der Waals surface area contributed by atoms with Gasteiger partial charge in [-0.05, 0) is 75.8 Å². The fourth-order valence-electron chi connectivity index (χ4n) is 4.37. The van der Waals surface area contributed by atoms with Gasteiger partial charge in [-0.25, -0.2) is 13.1 Å². The molecule has 2 aromatic rings. The van der Waals surface area contributed by atoms with Crippen LogP contribution in [0.2, 0.25) is 10.0 Å². The van der Waals surface area contributed by atoms with E-state index in [4.69, 9.17) is 23.2 Å². The Bertz CT molecular complexity index is 1270. The SMILES string of the molecule is C[C@@H](CC(=O)N[C@@H]1CCCc2cc(CNC(C)(C)C)ccc21)NS(=O)(=O)c1c(Cl)cc(C(F)(F)F)cc1Cl. The van der Waals surface area contributed by atoms with E-state index >= 15 is 0 Å². The van der Waals surface area contributed by atoms with Crippen molar-refractivity contribution >= 4 is 39.1 Å². The summed E-state index contributed by atoms with van der Waals surface area (Å²) in [5.41, 5.74) is 2.21. The van der Waals surface area contributed by atoms with Crippen LogP contribution < -0.4 is 15.4 Å². The fraction of sp³-hybridized carbons (Fsp3) is 0.500. The molecule has 0 aliphatic heterocycles. The van der Waals surface area contributed by atoms with Gasteiger partial charge in [0.25, 0.3) is 0 Å². The second-order valence-corrected chi connectivity index (χ2v) is 13.1. The third-order valence-electron chi connectivity index (χ3n) is 6.12. The molecule has 2 aromatic carbocycles. The molecule has 0 unspecified atom stereocenters. The van der Waals surface area contributed by atoms with E-state index in [9.17, 15) is 26.4 Å². The summed E-state index contributed by atoms with van der Waals surface area (Å²) >= 11 is 11.7. The van der Waals surface area contributed by atoms with E-state index in [-0.39, 0.29) is 23.9 Å². The Morgan fingerprint density at radius 3 is 2.32 bits per heavy atom. The molecule has 38 heavy (non-hydrogen) atoms. The number of aryl methyl sites for hydroxylation is 1. The number of carbonyl (C=O) groups is 1. The summed E-state index contributed by atoms with van der Waals surface area (Å²) in [6.07, 6.45) is -2.35. The summed E-state index contributed by atoms with van der Waals surface area (Å²) in [4.78, 5) is 12.1. The highest BCUT2D eigenvalue weighted by Gasteiger charge is 2.34. The Hall–Kier alpha value is -1.85. The van der Waals surface area contributed by atoms with Crippen LogP contribution >= 0.6 is 23.2 Å². The van der Waals surface area contributed by atoms with E-state index in [1.807, 2.05) is 12.1 Å². The minimum atomic E-state index is -4.74. The normalized spacial score (nSPS) is 17.1. The number of benzene rings is 2. The number of fused-ring (bicyclic) bond motifs is 1. The summed E-state index contributed by atoms with van der Waals surface area (Å²) in [6.45, 7) is 8.52. The average molecular weight is 595 g/mol. The zero-order chi connectivity index (χ0) is 28.5. The molecule has 0 saturated carbocycles.